The second-order valence-electron chi connectivity index (χ2n) is 4.75. The van der Waals surface area contributed by atoms with Crippen LogP contribution in [0.25, 0.3) is 11.0 Å². The number of fused-ring (bicyclic) bond motifs is 1. The van der Waals surface area contributed by atoms with Gasteiger partial charge in [0.25, 0.3) is 5.56 Å². The van der Waals surface area contributed by atoms with Gasteiger partial charge < -0.3 is 9.30 Å². The van der Waals surface area contributed by atoms with Crippen LogP contribution in [0.4, 0.5) is 0 Å². The summed E-state index contributed by atoms with van der Waals surface area (Å²) >= 11 is 0. The van der Waals surface area contributed by atoms with Crippen LogP contribution in [0.3, 0.4) is 0 Å². The molecule has 0 spiro atoms. The van der Waals surface area contributed by atoms with Crippen molar-refractivity contribution in [3.05, 3.63) is 64.2 Å². The van der Waals surface area contributed by atoms with E-state index in [4.69, 9.17) is 4.74 Å². The van der Waals surface area contributed by atoms with Gasteiger partial charge in [-0.15, -0.1) is 0 Å². The van der Waals surface area contributed by atoms with Gasteiger partial charge in [0.15, 0.2) is 0 Å². The fourth-order valence-corrected chi connectivity index (χ4v) is 2.38. The smallest absolute Gasteiger partial charge is 0.272 e. The topological polar surface area (TPSA) is 57.0 Å². The molecular formula is C16H15N3O2. The SMILES string of the molecule is COc1ncccc1Cn1c(=O)c(C)nc2ccccc21. The lowest BCUT2D eigenvalue weighted by atomic mass is 10.2. The van der Waals surface area contributed by atoms with Gasteiger partial charge in [0, 0.05) is 11.8 Å². The molecule has 0 bridgehead atoms. The highest BCUT2D eigenvalue weighted by atomic mass is 16.5. The van der Waals surface area contributed by atoms with Gasteiger partial charge in [-0.05, 0) is 25.1 Å². The molecule has 0 amide bonds. The molecule has 0 aliphatic heterocycles. The van der Waals surface area contributed by atoms with Gasteiger partial charge in [0.1, 0.15) is 5.69 Å². The third kappa shape index (κ3) is 2.38. The molecule has 2 heterocycles. The zero-order valence-electron chi connectivity index (χ0n) is 11.9. The van der Waals surface area contributed by atoms with Crippen molar-refractivity contribution in [2.45, 2.75) is 13.5 Å². The van der Waals surface area contributed by atoms with E-state index in [1.54, 1.807) is 24.8 Å². The first kappa shape index (κ1) is 13.3. The maximum atomic E-state index is 12.4. The van der Waals surface area contributed by atoms with Crippen molar-refractivity contribution < 1.29 is 4.74 Å². The van der Waals surface area contributed by atoms with E-state index in [2.05, 4.69) is 9.97 Å². The molecule has 0 aliphatic carbocycles. The molecule has 0 saturated heterocycles. The Morgan fingerprint density at radius 1 is 1.19 bits per heavy atom. The number of pyridine rings is 1. The molecule has 0 unspecified atom stereocenters. The van der Waals surface area contributed by atoms with E-state index >= 15 is 0 Å². The number of hydrogen-bond donors (Lipinski definition) is 0. The van der Waals surface area contributed by atoms with E-state index in [0.717, 1.165) is 16.6 Å². The van der Waals surface area contributed by atoms with Crippen molar-refractivity contribution in [2.75, 3.05) is 7.11 Å². The van der Waals surface area contributed by atoms with Crippen molar-refractivity contribution in [1.82, 2.24) is 14.5 Å². The summed E-state index contributed by atoms with van der Waals surface area (Å²) in [5.41, 5.74) is 2.85. The molecule has 3 rings (SSSR count). The number of aromatic nitrogens is 3. The van der Waals surface area contributed by atoms with E-state index in [1.807, 2.05) is 36.4 Å². The number of nitrogens with zero attached hydrogens (tertiary/aromatic N) is 3. The second kappa shape index (κ2) is 5.36. The Bertz CT molecular complexity index is 856. The van der Waals surface area contributed by atoms with E-state index in [0.29, 0.717) is 18.1 Å². The Morgan fingerprint density at radius 3 is 2.81 bits per heavy atom. The van der Waals surface area contributed by atoms with E-state index < -0.39 is 0 Å². The minimum absolute atomic E-state index is 0.0976. The summed E-state index contributed by atoms with van der Waals surface area (Å²) < 4.78 is 6.96. The molecule has 0 aliphatic rings. The lowest BCUT2D eigenvalue weighted by Crippen LogP contribution is -2.24. The molecule has 0 radical (unpaired) electrons. The molecule has 5 heteroatoms. The molecule has 5 nitrogen and oxygen atoms in total. The zero-order chi connectivity index (χ0) is 14.8. The maximum Gasteiger partial charge on any atom is 0.272 e. The predicted octanol–water partition coefficient (Wildman–Crippen LogP) is 2.16. The van der Waals surface area contributed by atoms with Crippen molar-refractivity contribution in [3.8, 4) is 5.88 Å². The number of ether oxygens (including phenoxy) is 1. The summed E-state index contributed by atoms with van der Waals surface area (Å²) in [6.45, 7) is 2.13. The Balaban J connectivity index is 2.20. The summed E-state index contributed by atoms with van der Waals surface area (Å²) in [6, 6.07) is 11.3. The summed E-state index contributed by atoms with van der Waals surface area (Å²) in [4.78, 5) is 20.9. The molecule has 106 valence electrons. The van der Waals surface area contributed by atoms with Crippen LogP contribution in [0.1, 0.15) is 11.3 Å². The maximum absolute atomic E-state index is 12.4. The first-order valence-corrected chi connectivity index (χ1v) is 6.65. The fraction of sp³-hybridized carbons (Fsp3) is 0.188. The van der Waals surface area contributed by atoms with Crippen LogP contribution in [0.2, 0.25) is 0 Å². The van der Waals surface area contributed by atoms with Crippen LogP contribution in [-0.4, -0.2) is 21.6 Å². The normalized spacial score (nSPS) is 10.8. The minimum atomic E-state index is -0.0976. The van der Waals surface area contributed by atoms with Crippen molar-refractivity contribution in [2.24, 2.45) is 0 Å². The van der Waals surface area contributed by atoms with Crippen LogP contribution in [-0.2, 0) is 6.54 Å². The fourth-order valence-electron chi connectivity index (χ4n) is 2.38. The summed E-state index contributed by atoms with van der Waals surface area (Å²) in [5, 5.41) is 0. The highest BCUT2D eigenvalue weighted by molar-refractivity contribution is 5.74. The number of para-hydroxylation sites is 2. The minimum Gasteiger partial charge on any atom is -0.481 e. The van der Waals surface area contributed by atoms with Crippen molar-refractivity contribution >= 4 is 11.0 Å². The van der Waals surface area contributed by atoms with Crippen LogP contribution >= 0.6 is 0 Å². The number of methoxy groups -OCH3 is 1. The van der Waals surface area contributed by atoms with Gasteiger partial charge in [-0.25, -0.2) is 9.97 Å². The van der Waals surface area contributed by atoms with Gasteiger partial charge in [0.2, 0.25) is 5.88 Å². The zero-order valence-corrected chi connectivity index (χ0v) is 11.9. The molecule has 0 fully saturated rings. The van der Waals surface area contributed by atoms with Crippen LogP contribution in [0.15, 0.2) is 47.4 Å². The molecule has 21 heavy (non-hydrogen) atoms. The molecule has 1 aromatic carbocycles. The molecular weight excluding hydrogens is 266 g/mol. The van der Waals surface area contributed by atoms with Gasteiger partial charge >= 0.3 is 0 Å². The van der Waals surface area contributed by atoms with Gasteiger partial charge in [-0.2, -0.15) is 0 Å². The summed E-state index contributed by atoms with van der Waals surface area (Å²) in [5.74, 6) is 0.531. The lowest BCUT2D eigenvalue weighted by molar-refractivity contribution is 0.391. The second-order valence-corrected chi connectivity index (χ2v) is 4.75. The molecule has 0 atom stereocenters. The van der Waals surface area contributed by atoms with Gasteiger partial charge in [0.05, 0.1) is 24.7 Å². The Labute approximate surface area is 121 Å². The van der Waals surface area contributed by atoms with Crippen LogP contribution in [0.5, 0.6) is 5.88 Å². The van der Waals surface area contributed by atoms with Gasteiger partial charge in [-0.1, -0.05) is 18.2 Å². The number of aryl methyl sites for hydroxylation is 1. The van der Waals surface area contributed by atoms with Crippen LogP contribution < -0.4 is 10.3 Å². The molecule has 3 aromatic rings. The molecule has 0 saturated carbocycles. The average molecular weight is 281 g/mol. The largest absolute Gasteiger partial charge is 0.481 e. The third-order valence-electron chi connectivity index (χ3n) is 3.39. The van der Waals surface area contributed by atoms with E-state index in [-0.39, 0.29) is 5.56 Å². The third-order valence-corrected chi connectivity index (χ3v) is 3.39. The Kier molecular flexibility index (Phi) is 3.39. The first-order valence-electron chi connectivity index (χ1n) is 6.65. The number of benzene rings is 1. The summed E-state index contributed by atoms with van der Waals surface area (Å²) in [7, 11) is 1.57. The molecule has 2 aromatic heterocycles. The van der Waals surface area contributed by atoms with Gasteiger partial charge in [-0.3, -0.25) is 4.79 Å². The average Bonchev–Trinajstić information content (AvgIpc) is 2.52. The molecule has 0 N–H and O–H groups in total. The van der Waals surface area contributed by atoms with Crippen molar-refractivity contribution in [1.29, 1.82) is 0 Å². The van der Waals surface area contributed by atoms with Crippen LogP contribution in [0, 0.1) is 6.92 Å². The lowest BCUT2D eigenvalue weighted by Gasteiger charge is -2.12. The first-order chi connectivity index (χ1) is 10.2. The Hall–Kier alpha value is -2.69. The summed E-state index contributed by atoms with van der Waals surface area (Å²) in [6.07, 6.45) is 1.67. The predicted molar refractivity (Wildman–Crippen MR) is 80.6 cm³/mol. The number of rotatable bonds is 3. The monoisotopic (exact) mass is 281 g/mol. The standard InChI is InChI=1S/C16H15N3O2/c1-11-16(20)19(14-8-4-3-7-13(14)18-11)10-12-6-5-9-17-15(12)21-2/h3-9H,10H2,1-2H3. The number of hydrogen-bond acceptors (Lipinski definition) is 4. The van der Waals surface area contributed by atoms with E-state index in [9.17, 15) is 4.79 Å². The van der Waals surface area contributed by atoms with Crippen molar-refractivity contribution in [3.63, 3.8) is 0 Å². The van der Waals surface area contributed by atoms with E-state index in [1.165, 1.54) is 0 Å². The quantitative estimate of drug-likeness (QED) is 0.738. The Morgan fingerprint density at radius 2 is 2.00 bits per heavy atom. The highest BCUT2D eigenvalue weighted by Gasteiger charge is 2.11. The highest BCUT2D eigenvalue weighted by Crippen LogP contribution is 2.17.